The van der Waals surface area contributed by atoms with Gasteiger partial charge < -0.3 is 14.5 Å². The van der Waals surface area contributed by atoms with E-state index < -0.39 is 6.04 Å². The summed E-state index contributed by atoms with van der Waals surface area (Å²) in [6.07, 6.45) is 2.43. The van der Waals surface area contributed by atoms with Crippen LogP contribution in [0.4, 0.5) is 0 Å². The highest BCUT2D eigenvalue weighted by Gasteiger charge is 2.35. The number of carbonyl (C=O) groups is 1. The Kier molecular flexibility index (Phi) is 5.87. The lowest BCUT2D eigenvalue weighted by Crippen LogP contribution is -2.27. The Labute approximate surface area is 173 Å². The number of carbonyl (C=O) groups excluding carboxylic acids is 1. The molecule has 0 aliphatic carbocycles. The molecule has 1 aliphatic heterocycles. The maximum absolute atomic E-state index is 13.2. The fraction of sp³-hybridized carbons (Fsp3) is 0.227. The molecule has 2 N–H and O–H groups in total. The van der Waals surface area contributed by atoms with Gasteiger partial charge in [0.25, 0.3) is 5.91 Å². The number of aromatic nitrogens is 2. The van der Waals surface area contributed by atoms with Gasteiger partial charge in [0, 0.05) is 24.6 Å². The Morgan fingerprint density at radius 2 is 1.93 bits per heavy atom. The van der Waals surface area contributed by atoms with Crippen LogP contribution in [-0.2, 0) is 11.3 Å². The van der Waals surface area contributed by atoms with E-state index in [9.17, 15) is 4.79 Å². The van der Waals surface area contributed by atoms with Gasteiger partial charge in [0.1, 0.15) is 6.04 Å². The Balaban J connectivity index is 1.58. The van der Waals surface area contributed by atoms with Crippen LogP contribution in [-0.4, -0.2) is 39.8 Å². The van der Waals surface area contributed by atoms with Crippen LogP contribution in [0.2, 0.25) is 0 Å². The van der Waals surface area contributed by atoms with E-state index in [1.165, 1.54) is 7.11 Å². The molecule has 0 bridgehead atoms. The summed E-state index contributed by atoms with van der Waals surface area (Å²) in [4.78, 5) is 24.1. The number of hydrogen-bond donors (Lipinski definition) is 2. The topological polar surface area (TPSA) is 101 Å². The number of aliphatic hydroxyl groups is 1. The van der Waals surface area contributed by atoms with E-state index in [-0.39, 0.29) is 12.5 Å². The van der Waals surface area contributed by atoms with Crippen molar-refractivity contribution in [2.75, 3.05) is 13.7 Å². The van der Waals surface area contributed by atoms with Gasteiger partial charge in [0.05, 0.1) is 19.4 Å². The zero-order chi connectivity index (χ0) is 20.9. The first-order chi connectivity index (χ1) is 14.7. The molecule has 1 unspecified atom stereocenters. The molecule has 8 nitrogen and oxygen atoms in total. The van der Waals surface area contributed by atoms with Crippen LogP contribution < -0.4 is 5.48 Å². The van der Waals surface area contributed by atoms with Crippen LogP contribution in [0.15, 0.2) is 71.0 Å². The van der Waals surface area contributed by atoms with Gasteiger partial charge in [-0.1, -0.05) is 47.6 Å². The van der Waals surface area contributed by atoms with Crippen molar-refractivity contribution < 1.29 is 19.3 Å². The molecule has 1 amide bonds. The summed E-state index contributed by atoms with van der Waals surface area (Å²) in [6, 6.07) is 17.0. The quantitative estimate of drug-likeness (QED) is 0.582. The highest BCUT2D eigenvalue weighted by molar-refractivity contribution is 5.96. The molecule has 1 atom stereocenters. The Morgan fingerprint density at radius 1 is 1.20 bits per heavy atom. The van der Waals surface area contributed by atoms with E-state index in [1.54, 1.807) is 11.1 Å². The molecule has 30 heavy (non-hydrogen) atoms. The number of hydroxylamine groups is 1. The lowest BCUT2D eigenvalue weighted by atomic mass is 10.0. The number of nitrogens with zero attached hydrogens (tertiary/aromatic N) is 3. The molecule has 1 aliphatic rings. The van der Waals surface area contributed by atoms with Crippen molar-refractivity contribution in [1.29, 1.82) is 0 Å². The molecule has 2 heterocycles. The van der Waals surface area contributed by atoms with Gasteiger partial charge in [-0.05, 0) is 23.3 Å². The first-order valence-corrected chi connectivity index (χ1v) is 9.61. The van der Waals surface area contributed by atoms with Gasteiger partial charge in [0.15, 0.2) is 5.82 Å². The minimum atomic E-state index is -0.455. The van der Waals surface area contributed by atoms with Crippen molar-refractivity contribution in [2.45, 2.75) is 18.9 Å². The van der Waals surface area contributed by atoms with Crippen molar-refractivity contribution >= 4 is 5.91 Å². The number of hydrogen-bond acceptors (Lipinski definition) is 7. The van der Waals surface area contributed by atoms with Crippen molar-refractivity contribution in [3.63, 3.8) is 0 Å². The van der Waals surface area contributed by atoms with Gasteiger partial charge in [0.2, 0.25) is 5.89 Å². The van der Waals surface area contributed by atoms with Crippen molar-refractivity contribution in [2.24, 2.45) is 0 Å². The molecule has 3 aromatic rings. The van der Waals surface area contributed by atoms with Crippen molar-refractivity contribution in [3.8, 4) is 11.1 Å². The smallest absolute Gasteiger partial charge is 0.258 e. The van der Waals surface area contributed by atoms with E-state index in [0.717, 1.165) is 16.8 Å². The lowest BCUT2D eigenvalue weighted by Gasteiger charge is -2.20. The number of nitrogens with one attached hydrogen (secondary N) is 1. The maximum atomic E-state index is 13.2. The van der Waals surface area contributed by atoms with Gasteiger partial charge >= 0.3 is 0 Å². The van der Waals surface area contributed by atoms with E-state index >= 15 is 0 Å². The summed E-state index contributed by atoms with van der Waals surface area (Å²) < 4.78 is 5.35. The summed E-state index contributed by atoms with van der Waals surface area (Å²) in [7, 11) is 1.51. The minimum absolute atomic E-state index is 0.0746. The van der Waals surface area contributed by atoms with Crippen LogP contribution in [0.5, 0.6) is 0 Å². The summed E-state index contributed by atoms with van der Waals surface area (Å²) in [5.41, 5.74) is 6.17. The number of benzene rings is 2. The number of amides is 1. The van der Waals surface area contributed by atoms with E-state index in [1.807, 2.05) is 54.6 Å². The lowest BCUT2D eigenvalue weighted by molar-refractivity contribution is 0.0760. The first kappa shape index (κ1) is 19.8. The zero-order valence-corrected chi connectivity index (χ0v) is 16.5. The fourth-order valence-electron chi connectivity index (χ4n) is 3.41. The molecule has 8 heteroatoms. The van der Waals surface area contributed by atoms with E-state index in [2.05, 4.69) is 15.6 Å². The Morgan fingerprint density at radius 3 is 2.63 bits per heavy atom. The molecular formula is C22H22N4O4. The monoisotopic (exact) mass is 406 g/mol. The third kappa shape index (κ3) is 4.10. The van der Waals surface area contributed by atoms with Crippen molar-refractivity contribution in [1.82, 2.24) is 20.5 Å². The average molecular weight is 406 g/mol. The zero-order valence-electron chi connectivity index (χ0n) is 16.5. The van der Waals surface area contributed by atoms with Gasteiger partial charge in [-0.2, -0.15) is 4.98 Å². The number of aliphatic hydroxyl groups excluding tert-OH is 1. The van der Waals surface area contributed by atoms with E-state index in [0.29, 0.717) is 30.1 Å². The minimum Gasteiger partial charge on any atom is -0.396 e. The molecule has 154 valence electrons. The summed E-state index contributed by atoms with van der Waals surface area (Å²) >= 11 is 0. The SMILES string of the molecule is CONC1=CN(C(=O)c2ccc(-c3ccccc3)cc2)C(c2nc(CCO)no2)C1. The second-order valence-corrected chi connectivity index (χ2v) is 6.86. The number of rotatable bonds is 7. The first-order valence-electron chi connectivity index (χ1n) is 9.61. The summed E-state index contributed by atoms with van der Waals surface area (Å²) in [5, 5.41) is 13.0. The van der Waals surface area contributed by atoms with Gasteiger partial charge in [-0.3, -0.25) is 15.1 Å². The molecular weight excluding hydrogens is 384 g/mol. The van der Waals surface area contributed by atoms with Crippen LogP contribution in [0.3, 0.4) is 0 Å². The van der Waals surface area contributed by atoms with Crippen LogP contribution >= 0.6 is 0 Å². The van der Waals surface area contributed by atoms with Crippen molar-refractivity contribution in [3.05, 3.63) is 83.8 Å². The summed E-state index contributed by atoms with van der Waals surface area (Å²) in [6.45, 7) is -0.0746. The molecule has 0 spiro atoms. The van der Waals surface area contributed by atoms with Gasteiger partial charge in [-0.15, -0.1) is 0 Å². The predicted octanol–water partition coefficient (Wildman–Crippen LogP) is 2.85. The molecule has 0 saturated heterocycles. The predicted molar refractivity (Wildman–Crippen MR) is 109 cm³/mol. The third-order valence-electron chi connectivity index (χ3n) is 4.85. The molecule has 2 aromatic carbocycles. The third-order valence-corrected chi connectivity index (χ3v) is 4.85. The fourth-order valence-corrected chi connectivity index (χ4v) is 3.41. The summed E-state index contributed by atoms with van der Waals surface area (Å²) in [5.74, 6) is 0.534. The molecule has 4 rings (SSSR count). The Bertz CT molecular complexity index is 1030. The highest BCUT2D eigenvalue weighted by atomic mass is 16.6. The van der Waals surface area contributed by atoms with Gasteiger partial charge in [-0.25, -0.2) is 0 Å². The Hall–Kier alpha value is -3.49. The maximum Gasteiger partial charge on any atom is 0.258 e. The van der Waals surface area contributed by atoms with Crippen LogP contribution in [0, 0.1) is 0 Å². The van der Waals surface area contributed by atoms with Crippen LogP contribution in [0.1, 0.15) is 34.5 Å². The second-order valence-electron chi connectivity index (χ2n) is 6.86. The standard InChI is InChI=1S/C22H22N4O4/c1-29-24-18-13-19(21-23-20(11-12-27)25-30-21)26(14-18)22(28)17-9-7-16(8-10-17)15-5-3-2-4-6-15/h2-10,14,19,24,27H,11-13H2,1H3. The second kappa shape index (κ2) is 8.89. The molecule has 0 saturated carbocycles. The highest BCUT2D eigenvalue weighted by Crippen LogP contribution is 2.34. The average Bonchev–Trinajstić information content (AvgIpc) is 3.42. The normalized spacial score (nSPS) is 15.9. The van der Waals surface area contributed by atoms with Crippen LogP contribution in [0.25, 0.3) is 11.1 Å². The molecule has 1 aromatic heterocycles. The largest absolute Gasteiger partial charge is 0.396 e. The van der Waals surface area contributed by atoms with E-state index in [4.69, 9.17) is 14.5 Å². The molecule has 0 radical (unpaired) electrons. The molecule has 0 fully saturated rings.